The molecule has 1 aliphatic heterocycles. The molecule has 1 saturated heterocycles. The molecule has 2 aromatic carbocycles. The first-order chi connectivity index (χ1) is 15.3. The monoisotopic (exact) mass is 453 g/mol. The number of anilines is 2. The van der Waals surface area contributed by atoms with E-state index in [1.54, 1.807) is 29.1 Å². The normalized spacial score (nSPS) is 15.0. The molecule has 3 aromatic rings. The number of aryl methyl sites for hydroxylation is 2. The van der Waals surface area contributed by atoms with E-state index in [2.05, 4.69) is 21.4 Å². The molecule has 32 heavy (non-hydrogen) atoms. The van der Waals surface area contributed by atoms with Gasteiger partial charge in [-0.15, -0.1) is 0 Å². The van der Waals surface area contributed by atoms with Crippen LogP contribution >= 0.6 is 0 Å². The van der Waals surface area contributed by atoms with Gasteiger partial charge in [-0.2, -0.15) is 9.40 Å². The van der Waals surface area contributed by atoms with Crippen molar-refractivity contribution >= 4 is 27.3 Å². The second-order valence-electron chi connectivity index (χ2n) is 7.96. The zero-order valence-electron chi connectivity index (χ0n) is 18.2. The number of benzene rings is 2. The summed E-state index contributed by atoms with van der Waals surface area (Å²) in [5, 5.41) is 6.96. The number of nitrogens with zero attached hydrogens (tertiary/aromatic N) is 4. The maximum atomic E-state index is 12.8. The Morgan fingerprint density at radius 1 is 0.969 bits per heavy atom. The van der Waals surface area contributed by atoms with Gasteiger partial charge in [0, 0.05) is 49.4 Å². The molecular weight excluding hydrogens is 426 g/mol. The van der Waals surface area contributed by atoms with Gasteiger partial charge < -0.3 is 10.2 Å². The number of carbonyl (C=O) groups excluding carboxylic acids is 1. The highest BCUT2D eigenvalue weighted by Gasteiger charge is 2.29. The number of sulfonamides is 1. The predicted molar refractivity (Wildman–Crippen MR) is 126 cm³/mol. The maximum Gasteiger partial charge on any atom is 0.241 e. The van der Waals surface area contributed by atoms with Crippen LogP contribution in [-0.4, -0.2) is 60.3 Å². The van der Waals surface area contributed by atoms with Crippen LogP contribution in [0.15, 0.2) is 60.8 Å². The van der Waals surface area contributed by atoms with Gasteiger partial charge in [-0.25, -0.2) is 13.1 Å². The third-order valence-corrected chi connectivity index (χ3v) is 7.30. The second-order valence-corrected chi connectivity index (χ2v) is 9.93. The Labute approximate surface area is 188 Å². The molecule has 0 spiro atoms. The Bertz CT molecular complexity index is 1210. The van der Waals surface area contributed by atoms with Gasteiger partial charge in [0.1, 0.15) is 5.75 Å². The van der Waals surface area contributed by atoms with Crippen molar-refractivity contribution in [3.63, 3.8) is 0 Å². The van der Waals surface area contributed by atoms with Gasteiger partial charge in [0.25, 0.3) is 0 Å². The fraction of sp³-hybridized carbons (Fsp3) is 0.304. The Hall–Kier alpha value is -3.17. The molecule has 1 N–H and O–H groups in total. The van der Waals surface area contributed by atoms with E-state index in [4.69, 9.17) is 0 Å². The fourth-order valence-corrected chi connectivity index (χ4v) is 5.16. The number of hydrogen-bond donors (Lipinski definition) is 1. The van der Waals surface area contributed by atoms with Crippen molar-refractivity contribution in [2.24, 2.45) is 0 Å². The van der Waals surface area contributed by atoms with E-state index >= 15 is 0 Å². The van der Waals surface area contributed by atoms with Gasteiger partial charge in [0.2, 0.25) is 15.9 Å². The van der Waals surface area contributed by atoms with Crippen molar-refractivity contribution < 1.29 is 13.2 Å². The summed E-state index contributed by atoms with van der Waals surface area (Å²) in [5.74, 6) is -1.14. The summed E-state index contributed by atoms with van der Waals surface area (Å²) in [7, 11) is -3.70. The molecule has 0 radical (unpaired) electrons. The van der Waals surface area contributed by atoms with Crippen LogP contribution in [-0.2, 0) is 14.8 Å². The zero-order valence-corrected chi connectivity index (χ0v) is 19.0. The number of hydrogen-bond acceptors (Lipinski definition) is 5. The molecule has 1 fully saturated rings. The molecule has 1 aromatic heterocycles. The van der Waals surface area contributed by atoms with E-state index in [1.807, 2.05) is 44.2 Å². The van der Waals surface area contributed by atoms with E-state index in [0.717, 1.165) is 17.1 Å². The minimum atomic E-state index is -3.70. The topological polar surface area (TPSA) is 87.5 Å². The van der Waals surface area contributed by atoms with Gasteiger partial charge in [-0.05, 0) is 55.8 Å². The quantitative estimate of drug-likeness (QED) is 0.620. The van der Waals surface area contributed by atoms with E-state index in [-0.39, 0.29) is 0 Å². The van der Waals surface area contributed by atoms with Gasteiger partial charge in [-0.3, -0.25) is 4.79 Å². The Kier molecular flexibility index (Phi) is 6.29. The van der Waals surface area contributed by atoms with E-state index < -0.39 is 21.7 Å². The van der Waals surface area contributed by atoms with Crippen molar-refractivity contribution in [2.75, 3.05) is 42.1 Å². The zero-order chi connectivity index (χ0) is 22.7. The lowest BCUT2D eigenvalue weighted by Crippen LogP contribution is -2.50. The fourth-order valence-electron chi connectivity index (χ4n) is 3.86. The minimum absolute atomic E-state index is 0.359. The van der Waals surface area contributed by atoms with Gasteiger partial charge in [0.15, 0.2) is 0 Å². The lowest BCUT2D eigenvalue weighted by atomic mass is 10.2. The molecule has 1 amide bonds. The van der Waals surface area contributed by atoms with Crippen molar-refractivity contribution in [3.05, 3.63) is 72.1 Å². The molecule has 8 nitrogen and oxygen atoms in total. The molecular formula is C23H27N5O3S. The molecule has 0 atom stereocenters. The number of rotatable bonds is 6. The average Bonchev–Trinajstić information content (AvgIpc) is 3.19. The molecule has 0 unspecified atom stereocenters. The van der Waals surface area contributed by atoms with Crippen LogP contribution in [0, 0.1) is 13.8 Å². The van der Waals surface area contributed by atoms with Crippen molar-refractivity contribution in [1.29, 1.82) is 0 Å². The van der Waals surface area contributed by atoms with E-state index in [9.17, 15) is 13.2 Å². The number of carbonyl (C=O) groups is 1. The van der Waals surface area contributed by atoms with Gasteiger partial charge >= 0.3 is 0 Å². The highest BCUT2D eigenvalue weighted by Crippen LogP contribution is 2.20. The number of amides is 1. The Balaban J connectivity index is 1.36. The van der Waals surface area contributed by atoms with Crippen LogP contribution in [0.5, 0.6) is 0 Å². The first-order valence-electron chi connectivity index (χ1n) is 10.5. The standard InChI is InChI=1S/C23H27N5O3S/c1-18-5-3-7-21(15-18)26-11-13-27(14-12-26)32(30,31)17-23(29)25-20-6-4-8-22(16-20)28-19(2)9-10-24-28/h3-10,15-16H,11-14,17H2,1-2H3,(H,25,29). The first-order valence-corrected chi connectivity index (χ1v) is 12.1. The minimum Gasteiger partial charge on any atom is -0.369 e. The van der Waals surface area contributed by atoms with Crippen LogP contribution in [0.2, 0.25) is 0 Å². The lowest BCUT2D eigenvalue weighted by Gasteiger charge is -2.35. The van der Waals surface area contributed by atoms with Gasteiger partial charge in [-0.1, -0.05) is 18.2 Å². The largest absolute Gasteiger partial charge is 0.369 e. The van der Waals surface area contributed by atoms with E-state index in [1.165, 1.54) is 9.87 Å². The molecule has 2 heterocycles. The molecule has 0 aliphatic carbocycles. The third kappa shape index (κ3) is 5.00. The van der Waals surface area contributed by atoms with Crippen molar-refractivity contribution in [1.82, 2.24) is 14.1 Å². The summed E-state index contributed by atoms with van der Waals surface area (Å²) in [5.41, 5.74) is 4.54. The SMILES string of the molecule is Cc1cccc(N2CCN(S(=O)(=O)CC(=O)Nc3cccc(-n4nccc4C)c3)CC2)c1. The summed E-state index contributed by atoms with van der Waals surface area (Å²) >= 11 is 0. The van der Waals surface area contributed by atoms with Gasteiger partial charge in [0.05, 0.1) is 5.69 Å². The molecule has 0 saturated carbocycles. The van der Waals surface area contributed by atoms with Crippen LogP contribution in [0.4, 0.5) is 11.4 Å². The first kappa shape index (κ1) is 22.0. The Morgan fingerprint density at radius 3 is 2.38 bits per heavy atom. The van der Waals surface area contributed by atoms with Crippen molar-refractivity contribution in [2.45, 2.75) is 13.8 Å². The number of piperazine rings is 1. The number of nitrogens with one attached hydrogen (secondary N) is 1. The Morgan fingerprint density at radius 2 is 1.69 bits per heavy atom. The second kappa shape index (κ2) is 9.13. The number of aromatic nitrogens is 2. The molecule has 0 bridgehead atoms. The van der Waals surface area contributed by atoms with Crippen LogP contribution in [0.3, 0.4) is 0 Å². The van der Waals surface area contributed by atoms with Crippen molar-refractivity contribution in [3.8, 4) is 5.69 Å². The average molecular weight is 454 g/mol. The van der Waals surface area contributed by atoms with E-state index in [0.29, 0.717) is 31.9 Å². The molecule has 9 heteroatoms. The van der Waals surface area contributed by atoms with Crippen LogP contribution < -0.4 is 10.2 Å². The van der Waals surface area contributed by atoms with Crippen LogP contribution in [0.1, 0.15) is 11.3 Å². The summed E-state index contributed by atoms with van der Waals surface area (Å²) < 4.78 is 28.8. The summed E-state index contributed by atoms with van der Waals surface area (Å²) in [4.78, 5) is 14.7. The smallest absolute Gasteiger partial charge is 0.241 e. The lowest BCUT2D eigenvalue weighted by molar-refractivity contribution is -0.113. The highest BCUT2D eigenvalue weighted by atomic mass is 32.2. The van der Waals surface area contributed by atoms with Crippen LogP contribution in [0.25, 0.3) is 5.69 Å². The summed E-state index contributed by atoms with van der Waals surface area (Å²) in [6.45, 7) is 5.87. The highest BCUT2D eigenvalue weighted by molar-refractivity contribution is 7.89. The molecule has 1 aliphatic rings. The molecule has 168 valence electrons. The summed E-state index contributed by atoms with van der Waals surface area (Å²) in [6.07, 6.45) is 1.70. The molecule has 4 rings (SSSR count). The summed E-state index contributed by atoms with van der Waals surface area (Å²) in [6, 6.07) is 17.2. The maximum absolute atomic E-state index is 12.8. The predicted octanol–water partition coefficient (Wildman–Crippen LogP) is 2.58. The third-order valence-electron chi connectivity index (χ3n) is 5.52.